The van der Waals surface area contributed by atoms with Gasteiger partial charge < -0.3 is 9.47 Å². The first-order chi connectivity index (χ1) is 6.11. The molecule has 0 amide bonds. The fraction of sp³-hybridized carbons (Fsp3) is 1.00. The van der Waals surface area contributed by atoms with Crippen molar-refractivity contribution in [3.05, 3.63) is 0 Å². The van der Waals surface area contributed by atoms with Crippen molar-refractivity contribution in [3.8, 4) is 0 Å². The van der Waals surface area contributed by atoms with Gasteiger partial charge in [-0.15, -0.1) is 0 Å². The maximum atomic E-state index is 11.5. The molecule has 0 N–H and O–H groups in total. The van der Waals surface area contributed by atoms with E-state index >= 15 is 0 Å². The Hall–Kier alpha value is 0.0700. The molecule has 0 fully saturated rings. The smallest absolute Gasteiger partial charge is 0.168 e. The van der Waals surface area contributed by atoms with E-state index in [1.54, 1.807) is 0 Å². The fourth-order valence-electron chi connectivity index (χ4n) is 0.843. The molecule has 1 unspecified atom stereocenters. The van der Waals surface area contributed by atoms with Crippen LogP contribution in [0.5, 0.6) is 0 Å². The van der Waals surface area contributed by atoms with E-state index in [0.717, 1.165) is 0 Å². The van der Waals surface area contributed by atoms with Crippen LogP contribution in [0.4, 0.5) is 0 Å². The zero-order chi connectivity index (χ0) is 10.3. The van der Waals surface area contributed by atoms with Gasteiger partial charge in [0.05, 0.1) is 5.75 Å². The molecule has 0 aromatic carbocycles. The number of hydrogen-bond acceptors (Lipinski definition) is 3. The highest BCUT2D eigenvalue weighted by atomic mass is 32.2. The van der Waals surface area contributed by atoms with Gasteiger partial charge in [0.2, 0.25) is 0 Å². The van der Waals surface area contributed by atoms with Gasteiger partial charge in [0.25, 0.3) is 0 Å². The van der Waals surface area contributed by atoms with Crippen LogP contribution in [0.1, 0.15) is 27.7 Å². The van der Waals surface area contributed by atoms with Gasteiger partial charge in [0.1, 0.15) is 0 Å². The lowest BCUT2D eigenvalue weighted by Crippen LogP contribution is -2.27. The molecule has 0 aromatic rings. The molecule has 0 spiro atoms. The van der Waals surface area contributed by atoms with Gasteiger partial charge in [-0.25, -0.2) is 0 Å². The van der Waals surface area contributed by atoms with Gasteiger partial charge in [0, 0.05) is 29.3 Å². The summed E-state index contributed by atoms with van der Waals surface area (Å²) in [7, 11) is -0.855. The predicted octanol–water partition coefficient (Wildman–Crippen LogP) is 1.54. The first kappa shape index (κ1) is 13.1. The molecule has 0 saturated carbocycles. The Bertz CT molecular complexity index is 142. The molecular weight excluding hydrogens is 188 g/mol. The average Bonchev–Trinajstić information content (AvgIpc) is 2.05. The summed E-state index contributed by atoms with van der Waals surface area (Å²) >= 11 is 0. The molecule has 0 aliphatic heterocycles. The zero-order valence-electron chi connectivity index (χ0n) is 8.91. The molecule has 0 aliphatic rings. The van der Waals surface area contributed by atoms with Crippen molar-refractivity contribution >= 4 is 10.8 Å². The van der Waals surface area contributed by atoms with Gasteiger partial charge in [-0.2, -0.15) is 0 Å². The van der Waals surface area contributed by atoms with E-state index in [-0.39, 0.29) is 11.5 Å². The number of hydrogen-bond donors (Lipinski definition) is 0. The summed E-state index contributed by atoms with van der Waals surface area (Å²) in [5, 5.41) is 0.170. The van der Waals surface area contributed by atoms with Crippen LogP contribution < -0.4 is 0 Å². The second kappa shape index (κ2) is 7.47. The first-order valence-electron chi connectivity index (χ1n) is 4.72. The highest BCUT2D eigenvalue weighted by Gasteiger charge is 2.14. The molecule has 0 bridgehead atoms. The molecule has 3 nitrogen and oxygen atoms in total. The lowest BCUT2D eigenvalue weighted by molar-refractivity contribution is -0.120. The normalized spacial score (nSPS) is 14.0. The summed E-state index contributed by atoms with van der Waals surface area (Å²) < 4.78 is 22.0. The fourth-order valence-corrected chi connectivity index (χ4v) is 1.69. The van der Waals surface area contributed by atoms with E-state index < -0.39 is 10.8 Å². The second-order valence-corrected chi connectivity index (χ2v) is 4.97. The highest BCUT2D eigenvalue weighted by Crippen LogP contribution is 2.02. The van der Waals surface area contributed by atoms with Gasteiger partial charge in [-0.1, -0.05) is 13.8 Å². The van der Waals surface area contributed by atoms with Crippen molar-refractivity contribution < 1.29 is 13.7 Å². The minimum atomic E-state index is -0.855. The summed E-state index contributed by atoms with van der Waals surface area (Å²) in [5.74, 6) is 0.472. The van der Waals surface area contributed by atoms with Crippen LogP contribution in [0, 0.1) is 0 Å². The molecule has 13 heavy (non-hydrogen) atoms. The Balaban J connectivity index is 3.86. The third-order valence-corrected chi connectivity index (χ3v) is 3.18. The Morgan fingerprint density at radius 3 is 1.92 bits per heavy atom. The van der Waals surface area contributed by atoms with Crippen LogP contribution in [-0.4, -0.2) is 34.7 Å². The summed E-state index contributed by atoms with van der Waals surface area (Å²) in [6.45, 7) is 8.88. The van der Waals surface area contributed by atoms with Crippen LogP contribution >= 0.6 is 0 Å². The van der Waals surface area contributed by atoms with E-state index in [2.05, 4.69) is 0 Å². The SMILES string of the molecule is CCOC(CS(=O)C(C)C)OCC. The topological polar surface area (TPSA) is 35.5 Å². The van der Waals surface area contributed by atoms with Gasteiger partial charge in [-0.3, -0.25) is 4.21 Å². The van der Waals surface area contributed by atoms with E-state index in [4.69, 9.17) is 9.47 Å². The lowest BCUT2D eigenvalue weighted by atomic mass is 10.6. The third-order valence-electron chi connectivity index (χ3n) is 1.53. The molecular formula is C9H20O3S. The number of rotatable bonds is 7. The quantitative estimate of drug-likeness (QED) is 0.595. The molecule has 1 atom stereocenters. The molecule has 0 aliphatic carbocycles. The first-order valence-corrected chi connectivity index (χ1v) is 6.10. The van der Waals surface area contributed by atoms with Crippen molar-refractivity contribution in [2.75, 3.05) is 19.0 Å². The van der Waals surface area contributed by atoms with Crippen LogP contribution in [0.25, 0.3) is 0 Å². The minimum Gasteiger partial charge on any atom is -0.352 e. The Morgan fingerprint density at radius 2 is 1.62 bits per heavy atom. The molecule has 0 radical (unpaired) electrons. The molecule has 0 heterocycles. The largest absolute Gasteiger partial charge is 0.352 e. The van der Waals surface area contributed by atoms with E-state index in [0.29, 0.717) is 19.0 Å². The summed E-state index contributed by atoms with van der Waals surface area (Å²) in [4.78, 5) is 0. The van der Waals surface area contributed by atoms with Crippen LogP contribution in [-0.2, 0) is 20.3 Å². The monoisotopic (exact) mass is 208 g/mol. The van der Waals surface area contributed by atoms with E-state index in [1.165, 1.54) is 0 Å². The third kappa shape index (κ3) is 6.18. The summed E-state index contributed by atoms with van der Waals surface area (Å²) in [6.07, 6.45) is -0.307. The highest BCUT2D eigenvalue weighted by molar-refractivity contribution is 7.85. The van der Waals surface area contributed by atoms with Crippen LogP contribution in [0.2, 0.25) is 0 Å². The van der Waals surface area contributed by atoms with Crippen molar-refractivity contribution in [2.24, 2.45) is 0 Å². The van der Waals surface area contributed by atoms with Crippen molar-refractivity contribution in [1.29, 1.82) is 0 Å². The summed E-state index contributed by atoms with van der Waals surface area (Å²) in [5.41, 5.74) is 0. The maximum Gasteiger partial charge on any atom is 0.168 e. The van der Waals surface area contributed by atoms with Gasteiger partial charge >= 0.3 is 0 Å². The number of ether oxygens (including phenoxy) is 2. The standard InChI is InChI=1S/C9H20O3S/c1-5-11-9(12-6-2)7-13(10)8(3)4/h8-9H,5-7H2,1-4H3. The van der Waals surface area contributed by atoms with Gasteiger partial charge in [-0.05, 0) is 13.8 Å². The Labute approximate surface area is 83.3 Å². The molecule has 0 aromatic heterocycles. The maximum absolute atomic E-state index is 11.5. The lowest BCUT2D eigenvalue weighted by Gasteiger charge is -2.17. The molecule has 0 rings (SSSR count). The molecule has 0 saturated heterocycles. The summed E-state index contributed by atoms with van der Waals surface area (Å²) in [6, 6.07) is 0. The second-order valence-electron chi connectivity index (χ2n) is 2.94. The van der Waals surface area contributed by atoms with E-state index in [9.17, 15) is 4.21 Å². The van der Waals surface area contributed by atoms with Crippen molar-refractivity contribution in [3.63, 3.8) is 0 Å². The molecule has 4 heteroatoms. The van der Waals surface area contributed by atoms with Crippen molar-refractivity contribution in [1.82, 2.24) is 0 Å². The van der Waals surface area contributed by atoms with Gasteiger partial charge in [0.15, 0.2) is 6.29 Å². The Kier molecular flexibility index (Phi) is 7.51. The van der Waals surface area contributed by atoms with Crippen molar-refractivity contribution in [2.45, 2.75) is 39.2 Å². The van der Waals surface area contributed by atoms with Crippen LogP contribution in [0.3, 0.4) is 0 Å². The minimum absolute atomic E-state index is 0.170. The van der Waals surface area contributed by atoms with Crippen LogP contribution in [0.15, 0.2) is 0 Å². The average molecular weight is 208 g/mol. The predicted molar refractivity (Wildman–Crippen MR) is 55.2 cm³/mol. The molecule has 80 valence electrons. The zero-order valence-corrected chi connectivity index (χ0v) is 9.73. The van der Waals surface area contributed by atoms with E-state index in [1.807, 2.05) is 27.7 Å². The Morgan fingerprint density at radius 1 is 1.15 bits per heavy atom.